The van der Waals surface area contributed by atoms with Gasteiger partial charge >= 0.3 is 11.8 Å². The van der Waals surface area contributed by atoms with Crippen LogP contribution in [0.3, 0.4) is 0 Å². The molecule has 1 aromatic rings. The van der Waals surface area contributed by atoms with Crippen LogP contribution in [0.25, 0.3) is 0 Å². The molecule has 17 heavy (non-hydrogen) atoms. The Hall–Kier alpha value is -1.88. The first-order valence-corrected chi connectivity index (χ1v) is 5.27. The predicted molar refractivity (Wildman–Crippen MR) is 64.6 cm³/mol. The highest BCUT2D eigenvalue weighted by molar-refractivity contribution is 6.40. The first-order chi connectivity index (χ1) is 8.07. The number of aliphatic hydroxyl groups is 1. The van der Waals surface area contributed by atoms with E-state index in [1.807, 2.05) is 6.07 Å². The summed E-state index contributed by atoms with van der Waals surface area (Å²) in [6.45, 7) is -0.0161. The maximum Gasteiger partial charge on any atom is 0.316 e. The molecule has 0 aromatic heterocycles. The van der Waals surface area contributed by atoms with Crippen LogP contribution in [-0.2, 0) is 9.59 Å². The van der Waals surface area contributed by atoms with E-state index in [9.17, 15) is 9.59 Å². The number of rotatable bonds is 3. The van der Waals surface area contributed by atoms with Gasteiger partial charge in [0.15, 0.2) is 0 Å². The maximum absolute atomic E-state index is 11.8. The number of carbonyl (C=O) groups excluding carboxylic acids is 2. The van der Waals surface area contributed by atoms with Crippen molar-refractivity contribution in [3.8, 4) is 0 Å². The molecule has 0 radical (unpaired) electrons. The van der Waals surface area contributed by atoms with E-state index >= 15 is 0 Å². The van der Waals surface area contributed by atoms with Crippen molar-refractivity contribution in [2.45, 2.75) is 0 Å². The summed E-state index contributed by atoms with van der Waals surface area (Å²) in [7, 11) is 3.03. The highest BCUT2D eigenvalue weighted by Gasteiger charge is 2.22. The molecule has 1 rings (SSSR count). The number of benzene rings is 1. The van der Waals surface area contributed by atoms with Gasteiger partial charge in [-0.25, -0.2) is 0 Å². The van der Waals surface area contributed by atoms with Crippen LogP contribution in [0.15, 0.2) is 30.3 Å². The second kappa shape index (κ2) is 6.00. The number of amides is 2. The Morgan fingerprint density at radius 2 is 1.71 bits per heavy atom. The van der Waals surface area contributed by atoms with Gasteiger partial charge in [0, 0.05) is 26.3 Å². The topological polar surface area (TPSA) is 60.9 Å². The molecular formula is C12H16N2O3. The summed E-state index contributed by atoms with van der Waals surface area (Å²) in [5.74, 6) is -1.25. The number of likely N-dealkylation sites (N-methyl/N-ethyl adjacent to an activating group) is 2. The smallest absolute Gasteiger partial charge is 0.316 e. The van der Waals surface area contributed by atoms with Gasteiger partial charge in [0.1, 0.15) is 0 Å². The van der Waals surface area contributed by atoms with Gasteiger partial charge in [-0.3, -0.25) is 9.59 Å². The molecule has 0 heterocycles. The number of anilines is 1. The molecule has 92 valence electrons. The number of hydrogen-bond donors (Lipinski definition) is 1. The standard InChI is InChI=1S/C12H16N2O3/c1-13(8-9-15)11(16)12(17)14(2)10-6-4-3-5-7-10/h3-7,15H,8-9H2,1-2H3. The van der Waals surface area contributed by atoms with Gasteiger partial charge in [0.25, 0.3) is 0 Å². The van der Waals surface area contributed by atoms with E-state index in [0.29, 0.717) is 5.69 Å². The summed E-state index contributed by atoms with van der Waals surface area (Å²) in [6.07, 6.45) is 0. The lowest BCUT2D eigenvalue weighted by Gasteiger charge is -2.20. The number of nitrogens with zero attached hydrogens (tertiary/aromatic N) is 2. The number of aliphatic hydroxyl groups excluding tert-OH is 1. The van der Waals surface area contributed by atoms with Crippen molar-refractivity contribution in [3.63, 3.8) is 0 Å². The minimum Gasteiger partial charge on any atom is -0.395 e. The van der Waals surface area contributed by atoms with Crippen molar-refractivity contribution >= 4 is 17.5 Å². The molecule has 0 saturated carbocycles. The monoisotopic (exact) mass is 236 g/mol. The SMILES string of the molecule is CN(CCO)C(=O)C(=O)N(C)c1ccccc1. The fourth-order valence-electron chi connectivity index (χ4n) is 1.33. The molecule has 2 amide bonds. The lowest BCUT2D eigenvalue weighted by Crippen LogP contribution is -2.43. The van der Waals surface area contributed by atoms with Crippen LogP contribution in [0.4, 0.5) is 5.69 Å². The molecule has 1 N–H and O–H groups in total. The number of carbonyl (C=O) groups is 2. The molecule has 0 fully saturated rings. The number of para-hydroxylation sites is 1. The van der Waals surface area contributed by atoms with E-state index in [1.165, 1.54) is 16.8 Å². The van der Waals surface area contributed by atoms with Gasteiger partial charge < -0.3 is 14.9 Å². The van der Waals surface area contributed by atoms with Crippen LogP contribution in [0.5, 0.6) is 0 Å². The fraction of sp³-hybridized carbons (Fsp3) is 0.333. The molecule has 0 saturated heterocycles. The lowest BCUT2D eigenvalue weighted by molar-refractivity contribution is -0.143. The Bertz CT molecular complexity index is 392. The van der Waals surface area contributed by atoms with Crippen molar-refractivity contribution < 1.29 is 14.7 Å². The zero-order valence-electron chi connectivity index (χ0n) is 9.96. The van der Waals surface area contributed by atoms with Gasteiger partial charge in [-0.15, -0.1) is 0 Å². The van der Waals surface area contributed by atoms with Crippen molar-refractivity contribution in [2.75, 3.05) is 32.1 Å². The molecular weight excluding hydrogens is 220 g/mol. The first-order valence-electron chi connectivity index (χ1n) is 5.27. The summed E-state index contributed by atoms with van der Waals surface area (Å²) in [5, 5.41) is 8.70. The zero-order chi connectivity index (χ0) is 12.8. The molecule has 5 nitrogen and oxygen atoms in total. The van der Waals surface area contributed by atoms with E-state index in [-0.39, 0.29) is 13.2 Å². The van der Waals surface area contributed by atoms with E-state index < -0.39 is 11.8 Å². The van der Waals surface area contributed by atoms with Crippen LogP contribution in [0.2, 0.25) is 0 Å². The molecule has 0 bridgehead atoms. The Morgan fingerprint density at radius 3 is 2.24 bits per heavy atom. The third-order valence-corrected chi connectivity index (χ3v) is 2.41. The lowest BCUT2D eigenvalue weighted by atomic mass is 10.3. The van der Waals surface area contributed by atoms with Gasteiger partial charge in [0.05, 0.1) is 6.61 Å². The van der Waals surface area contributed by atoms with Crippen molar-refractivity contribution in [2.24, 2.45) is 0 Å². The quantitative estimate of drug-likeness (QED) is 0.757. The van der Waals surface area contributed by atoms with Gasteiger partial charge in [-0.2, -0.15) is 0 Å². The molecule has 1 aromatic carbocycles. The average molecular weight is 236 g/mol. The van der Waals surface area contributed by atoms with E-state index in [2.05, 4.69) is 0 Å². The van der Waals surface area contributed by atoms with Crippen molar-refractivity contribution in [1.29, 1.82) is 0 Å². The van der Waals surface area contributed by atoms with Gasteiger partial charge in [-0.05, 0) is 12.1 Å². The zero-order valence-corrected chi connectivity index (χ0v) is 9.96. The van der Waals surface area contributed by atoms with E-state index in [0.717, 1.165) is 0 Å². The summed E-state index contributed by atoms with van der Waals surface area (Å²) >= 11 is 0. The van der Waals surface area contributed by atoms with Crippen LogP contribution in [0, 0.1) is 0 Å². The van der Waals surface area contributed by atoms with Gasteiger partial charge in [0.2, 0.25) is 0 Å². The fourth-order valence-corrected chi connectivity index (χ4v) is 1.33. The van der Waals surface area contributed by atoms with Crippen molar-refractivity contribution in [3.05, 3.63) is 30.3 Å². The summed E-state index contributed by atoms with van der Waals surface area (Å²) in [5.41, 5.74) is 0.656. The Labute approximate surface area is 100 Å². The molecule has 0 aliphatic carbocycles. The largest absolute Gasteiger partial charge is 0.395 e. The Balaban J connectivity index is 2.74. The molecule has 0 aliphatic heterocycles. The maximum atomic E-state index is 11.8. The molecule has 0 spiro atoms. The Morgan fingerprint density at radius 1 is 1.12 bits per heavy atom. The average Bonchev–Trinajstić information content (AvgIpc) is 2.37. The van der Waals surface area contributed by atoms with Crippen LogP contribution < -0.4 is 4.90 Å². The second-order valence-corrected chi connectivity index (χ2v) is 3.65. The molecule has 0 unspecified atom stereocenters. The van der Waals surface area contributed by atoms with E-state index in [4.69, 9.17) is 5.11 Å². The van der Waals surface area contributed by atoms with Crippen LogP contribution >= 0.6 is 0 Å². The predicted octanol–water partition coefficient (Wildman–Crippen LogP) is 0.100. The highest BCUT2D eigenvalue weighted by atomic mass is 16.3. The first kappa shape index (κ1) is 13.2. The highest BCUT2D eigenvalue weighted by Crippen LogP contribution is 2.11. The minimum absolute atomic E-state index is 0.146. The van der Waals surface area contributed by atoms with Crippen LogP contribution in [-0.4, -0.2) is 49.1 Å². The van der Waals surface area contributed by atoms with Gasteiger partial charge in [-0.1, -0.05) is 18.2 Å². The number of hydrogen-bond acceptors (Lipinski definition) is 3. The van der Waals surface area contributed by atoms with Crippen LogP contribution in [0.1, 0.15) is 0 Å². The molecule has 5 heteroatoms. The third-order valence-electron chi connectivity index (χ3n) is 2.41. The Kier molecular flexibility index (Phi) is 4.66. The second-order valence-electron chi connectivity index (χ2n) is 3.65. The minimum atomic E-state index is -0.634. The molecule has 0 atom stereocenters. The molecule has 0 aliphatic rings. The third kappa shape index (κ3) is 3.29. The summed E-state index contributed by atoms with van der Waals surface area (Å²) in [6, 6.07) is 8.91. The summed E-state index contributed by atoms with van der Waals surface area (Å²) in [4.78, 5) is 26.0. The van der Waals surface area contributed by atoms with E-state index in [1.54, 1.807) is 31.3 Å². The van der Waals surface area contributed by atoms with Crippen molar-refractivity contribution in [1.82, 2.24) is 4.90 Å². The normalized spacial score (nSPS) is 9.82. The summed E-state index contributed by atoms with van der Waals surface area (Å²) < 4.78 is 0.